The van der Waals surface area contributed by atoms with Crippen molar-refractivity contribution in [2.24, 2.45) is 0 Å². The number of likely N-dealkylation sites (N-methyl/N-ethyl adjacent to an activating group) is 1. The lowest BCUT2D eigenvalue weighted by molar-refractivity contribution is -0.143. The third-order valence-corrected chi connectivity index (χ3v) is 3.84. The van der Waals surface area contributed by atoms with Gasteiger partial charge in [-0.25, -0.2) is 0 Å². The molecule has 2 rings (SSSR count). The van der Waals surface area contributed by atoms with Crippen LogP contribution in [0.3, 0.4) is 0 Å². The van der Waals surface area contributed by atoms with Gasteiger partial charge in [-0.3, -0.25) is 0 Å². The minimum atomic E-state index is -4.83. The van der Waals surface area contributed by atoms with E-state index in [0.29, 0.717) is 6.67 Å². The van der Waals surface area contributed by atoms with Crippen molar-refractivity contribution in [3.63, 3.8) is 0 Å². The molecule has 0 spiro atoms. The summed E-state index contributed by atoms with van der Waals surface area (Å²) >= 11 is 0. The molecule has 9 heteroatoms. The Balaban J connectivity index is 2.03. The van der Waals surface area contributed by atoms with Crippen LogP contribution in [0.15, 0.2) is 18.2 Å². The third-order valence-electron chi connectivity index (χ3n) is 3.84. The first-order chi connectivity index (χ1) is 11.1. The molecule has 136 valence electrons. The second-order valence-electron chi connectivity index (χ2n) is 5.86. The zero-order valence-corrected chi connectivity index (χ0v) is 13.1. The quantitative estimate of drug-likeness (QED) is 0.767. The topological polar surface area (TPSA) is 20.6 Å². The zero-order chi connectivity index (χ0) is 18.0. The van der Waals surface area contributed by atoms with Crippen molar-refractivity contribution in [1.29, 1.82) is 0 Å². The Kier molecular flexibility index (Phi) is 5.77. The van der Waals surface area contributed by atoms with Gasteiger partial charge in [-0.2, -0.15) is 26.3 Å². The molecule has 1 saturated heterocycles. The van der Waals surface area contributed by atoms with Gasteiger partial charge in [0.1, 0.15) is 0 Å². The van der Waals surface area contributed by atoms with E-state index in [4.69, 9.17) is 0 Å². The van der Waals surface area contributed by atoms with E-state index in [-0.39, 0.29) is 18.2 Å². The van der Waals surface area contributed by atoms with Gasteiger partial charge in [0, 0.05) is 26.2 Å². The SMILES string of the molecule is CN1CCN(C[N-]Cc2cc(C(F)(F)F)cc(C(F)(F)F)c2)CC1. The molecular formula is C15H18F6N3-. The van der Waals surface area contributed by atoms with E-state index < -0.39 is 23.5 Å². The Morgan fingerprint density at radius 2 is 1.38 bits per heavy atom. The van der Waals surface area contributed by atoms with Gasteiger partial charge >= 0.3 is 12.4 Å². The first-order valence-electron chi connectivity index (χ1n) is 7.38. The minimum Gasteiger partial charge on any atom is -0.646 e. The van der Waals surface area contributed by atoms with Gasteiger partial charge in [0.2, 0.25) is 0 Å². The standard InChI is InChI=1S/C15H18F6N3/c1-23-2-4-24(5-3-23)10-22-9-11-6-12(14(16,17)18)8-13(7-11)15(19,20)21/h6-8H,2-5,9-10H2,1H3/q-1. The molecule has 1 aliphatic heterocycles. The molecule has 0 aromatic heterocycles. The van der Waals surface area contributed by atoms with Crippen molar-refractivity contribution < 1.29 is 26.3 Å². The monoisotopic (exact) mass is 354 g/mol. The Labute approximate surface area is 136 Å². The first kappa shape index (κ1) is 19.0. The fourth-order valence-corrected chi connectivity index (χ4v) is 2.42. The molecule has 0 N–H and O–H groups in total. The molecule has 1 aliphatic rings. The average molecular weight is 354 g/mol. The summed E-state index contributed by atoms with van der Waals surface area (Å²) < 4.78 is 76.6. The molecule has 0 atom stereocenters. The van der Waals surface area contributed by atoms with E-state index in [2.05, 4.69) is 10.2 Å². The number of rotatable bonds is 4. The Hall–Kier alpha value is -1.32. The molecular weight excluding hydrogens is 336 g/mol. The summed E-state index contributed by atoms with van der Waals surface area (Å²) in [7, 11) is 1.98. The molecule has 1 aromatic rings. The number of piperazine rings is 1. The highest BCUT2D eigenvalue weighted by atomic mass is 19.4. The Morgan fingerprint density at radius 1 is 0.875 bits per heavy atom. The van der Waals surface area contributed by atoms with Crippen LogP contribution in [-0.4, -0.2) is 49.7 Å². The van der Waals surface area contributed by atoms with Gasteiger partial charge in [-0.15, -0.1) is 6.54 Å². The Bertz CT molecular complexity index is 515. The summed E-state index contributed by atoms with van der Waals surface area (Å²) in [4.78, 5) is 4.15. The van der Waals surface area contributed by atoms with Crippen LogP contribution < -0.4 is 0 Å². The summed E-state index contributed by atoms with van der Waals surface area (Å²) in [6.45, 7) is 3.38. The van der Waals surface area contributed by atoms with Gasteiger partial charge in [-0.05, 0) is 25.2 Å². The smallest absolute Gasteiger partial charge is 0.416 e. The second kappa shape index (κ2) is 7.28. The summed E-state index contributed by atoms with van der Waals surface area (Å²) in [5, 5.41) is 4.11. The summed E-state index contributed by atoms with van der Waals surface area (Å²) in [5.41, 5.74) is -2.70. The lowest BCUT2D eigenvalue weighted by atomic mass is 10.0. The maximum Gasteiger partial charge on any atom is 0.416 e. The highest BCUT2D eigenvalue weighted by Crippen LogP contribution is 2.36. The molecule has 1 fully saturated rings. The summed E-state index contributed by atoms with van der Waals surface area (Å²) in [6.07, 6.45) is -9.65. The third kappa shape index (κ3) is 5.35. The van der Waals surface area contributed by atoms with Crippen molar-refractivity contribution in [2.75, 3.05) is 39.9 Å². The average Bonchev–Trinajstić information content (AvgIpc) is 2.47. The maximum atomic E-state index is 12.8. The van der Waals surface area contributed by atoms with Crippen molar-refractivity contribution in [3.8, 4) is 0 Å². The highest BCUT2D eigenvalue weighted by Gasteiger charge is 2.36. The van der Waals surface area contributed by atoms with Crippen molar-refractivity contribution in [3.05, 3.63) is 40.2 Å². The number of alkyl halides is 6. The van der Waals surface area contributed by atoms with Crippen molar-refractivity contribution in [2.45, 2.75) is 18.9 Å². The fourth-order valence-electron chi connectivity index (χ4n) is 2.42. The van der Waals surface area contributed by atoms with Gasteiger partial charge < -0.3 is 15.1 Å². The van der Waals surface area contributed by atoms with E-state index in [9.17, 15) is 26.3 Å². The number of hydrogen-bond acceptors (Lipinski definition) is 2. The van der Waals surface area contributed by atoms with Gasteiger partial charge in [0.15, 0.2) is 0 Å². The Morgan fingerprint density at radius 3 is 1.83 bits per heavy atom. The first-order valence-corrected chi connectivity index (χ1v) is 7.38. The number of halogens is 6. The highest BCUT2D eigenvalue weighted by molar-refractivity contribution is 5.34. The van der Waals surface area contributed by atoms with Crippen molar-refractivity contribution >= 4 is 0 Å². The van der Waals surface area contributed by atoms with E-state index in [1.165, 1.54) is 0 Å². The molecule has 3 nitrogen and oxygen atoms in total. The number of hydrogen-bond donors (Lipinski definition) is 0. The van der Waals surface area contributed by atoms with Crippen LogP contribution in [0.5, 0.6) is 0 Å². The van der Waals surface area contributed by atoms with Gasteiger partial charge in [-0.1, -0.05) is 12.2 Å². The van der Waals surface area contributed by atoms with E-state index in [1.54, 1.807) is 0 Å². The van der Waals surface area contributed by atoms with Crippen LogP contribution in [-0.2, 0) is 18.9 Å². The van der Waals surface area contributed by atoms with E-state index in [0.717, 1.165) is 38.3 Å². The molecule has 0 radical (unpaired) electrons. The molecule has 0 amide bonds. The minimum absolute atomic E-state index is 0.0914. The molecule has 1 heterocycles. The summed E-state index contributed by atoms with van der Waals surface area (Å²) in [6, 6.07) is 1.58. The fraction of sp³-hybridized carbons (Fsp3) is 0.600. The lowest BCUT2D eigenvalue weighted by Crippen LogP contribution is -2.44. The van der Waals surface area contributed by atoms with Crippen LogP contribution in [0.1, 0.15) is 16.7 Å². The second-order valence-corrected chi connectivity index (χ2v) is 5.86. The van der Waals surface area contributed by atoms with Crippen molar-refractivity contribution in [1.82, 2.24) is 9.80 Å². The van der Waals surface area contributed by atoms with Crippen LogP contribution in [0.25, 0.3) is 5.32 Å². The lowest BCUT2D eigenvalue weighted by Gasteiger charge is -2.37. The number of nitrogens with zero attached hydrogens (tertiary/aromatic N) is 3. The molecule has 1 aromatic carbocycles. The van der Waals surface area contributed by atoms with Gasteiger partial charge in [0.25, 0.3) is 0 Å². The zero-order valence-electron chi connectivity index (χ0n) is 13.1. The van der Waals surface area contributed by atoms with Crippen LogP contribution >= 0.6 is 0 Å². The molecule has 0 bridgehead atoms. The van der Waals surface area contributed by atoms with E-state index in [1.807, 2.05) is 11.9 Å². The largest absolute Gasteiger partial charge is 0.646 e. The molecule has 0 saturated carbocycles. The van der Waals surface area contributed by atoms with Gasteiger partial charge in [0.05, 0.1) is 11.1 Å². The summed E-state index contributed by atoms with van der Waals surface area (Å²) in [5.74, 6) is 0. The van der Waals surface area contributed by atoms with Crippen LogP contribution in [0, 0.1) is 0 Å². The van der Waals surface area contributed by atoms with Crippen LogP contribution in [0.4, 0.5) is 26.3 Å². The number of benzene rings is 1. The molecule has 0 unspecified atom stereocenters. The predicted octanol–water partition coefficient (Wildman–Crippen LogP) is 3.80. The molecule has 0 aliphatic carbocycles. The molecule has 24 heavy (non-hydrogen) atoms. The normalized spacial score (nSPS) is 18.1. The van der Waals surface area contributed by atoms with Crippen LogP contribution in [0.2, 0.25) is 0 Å². The maximum absolute atomic E-state index is 12.8. The predicted molar refractivity (Wildman–Crippen MR) is 77.4 cm³/mol. The van der Waals surface area contributed by atoms with E-state index >= 15 is 0 Å².